The van der Waals surface area contributed by atoms with E-state index in [1.54, 1.807) is 0 Å². The number of carbonyl (C=O) groups is 1. The minimum Gasteiger partial charge on any atom is -0.481 e. The van der Waals surface area contributed by atoms with Crippen molar-refractivity contribution in [3.8, 4) is 0 Å². The van der Waals surface area contributed by atoms with Crippen LogP contribution in [0.25, 0.3) is 0 Å². The summed E-state index contributed by atoms with van der Waals surface area (Å²) in [5.41, 5.74) is -2.28. The lowest BCUT2D eigenvalue weighted by Crippen LogP contribution is -2.48. The average Bonchev–Trinajstić information content (AvgIpc) is 2.01. The highest BCUT2D eigenvalue weighted by molar-refractivity contribution is 5.75. The van der Waals surface area contributed by atoms with Crippen LogP contribution in [0.1, 0.15) is 13.3 Å². The van der Waals surface area contributed by atoms with Crippen LogP contribution in [0.15, 0.2) is 12.7 Å². The first-order valence-electron chi connectivity index (χ1n) is 3.75. The minimum atomic E-state index is -4.95. The van der Waals surface area contributed by atoms with Gasteiger partial charge in [-0.2, -0.15) is 13.2 Å². The van der Waals surface area contributed by atoms with Crippen LogP contribution in [0.4, 0.5) is 13.2 Å². The first-order valence-corrected chi connectivity index (χ1v) is 3.75. The Morgan fingerprint density at radius 2 is 2.00 bits per heavy atom. The molecule has 2 atom stereocenters. The lowest BCUT2D eigenvalue weighted by Gasteiger charge is -2.30. The van der Waals surface area contributed by atoms with Crippen LogP contribution in [-0.4, -0.2) is 28.5 Å². The topological polar surface area (TPSA) is 57.5 Å². The normalized spacial score (nSPS) is 18.4. The fourth-order valence-electron chi connectivity index (χ4n) is 0.977. The van der Waals surface area contributed by atoms with E-state index < -0.39 is 30.1 Å². The minimum absolute atomic E-state index is 0.455. The Morgan fingerprint density at radius 1 is 1.57 bits per heavy atom. The molecule has 0 rings (SSSR count). The smallest absolute Gasteiger partial charge is 0.415 e. The van der Waals surface area contributed by atoms with Gasteiger partial charge in [0.25, 0.3) is 0 Å². The number of aliphatic hydroxyl groups excluding tert-OH is 1. The molecule has 0 aliphatic rings. The first kappa shape index (κ1) is 13.0. The molecular formula is C8H11F3O3. The van der Waals surface area contributed by atoms with Gasteiger partial charge in [-0.1, -0.05) is 6.08 Å². The van der Waals surface area contributed by atoms with Crippen molar-refractivity contribution in [1.82, 2.24) is 0 Å². The van der Waals surface area contributed by atoms with E-state index in [1.165, 1.54) is 0 Å². The van der Waals surface area contributed by atoms with Crippen molar-refractivity contribution < 1.29 is 28.2 Å². The van der Waals surface area contributed by atoms with E-state index in [0.717, 1.165) is 13.0 Å². The number of allylic oxidation sites excluding steroid dienone is 1. The molecule has 6 heteroatoms. The molecule has 0 aromatic carbocycles. The summed E-state index contributed by atoms with van der Waals surface area (Å²) in [6.45, 7) is 3.98. The molecule has 3 nitrogen and oxygen atoms in total. The molecule has 0 saturated carbocycles. The van der Waals surface area contributed by atoms with Gasteiger partial charge >= 0.3 is 12.1 Å². The lowest BCUT2D eigenvalue weighted by molar-refractivity contribution is -0.239. The van der Waals surface area contributed by atoms with E-state index in [-0.39, 0.29) is 0 Å². The molecule has 0 amide bonds. The summed E-state index contributed by atoms with van der Waals surface area (Å²) in [6, 6.07) is 0. The molecule has 0 bridgehead atoms. The lowest BCUT2D eigenvalue weighted by atomic mass is 9.80. The number of hydrogen-bond acceptors (Lipinski definition) is 2. The second-order valence-electron chi connectivity index (χ2n) is 3.16. The molecule has 2 unspecified atom stereocenters. The molecule has 0 aliphatic heterocycles. The number of halogens is 3. The first-order chi connectivity index (χ1) is 6.16. The van der Waals surface area contributed by atoms with Crippen molar-refractivity contribution in [2.24, 2.45) is 5.41 Å². The summed E-state index contributed by atoms with van der Waals surface area (Å²) in [5.74, 6) is -1.71. The van der Waals surface area contributed by atoms with Crippen molar-refractivity contribution in [3.05, 3.63) is 12.7 Å². The van der Waals surface area contributed by atoms with Gasteiger partial charge in [0.1, 0.15) is 5.41 Å². The summed E-state index contributed by atoms with van der Waals surface area (Å²) < 4.78 is 36.2. The molecule has 0 aromatic heterocycles. The maximum Gasteiger partial charge on any atom is 0.415 e. The van der Waals surface area contributed by atoms with Crippen molar-refractivity contribution in [2.75, 3.05) is 0 Å². The zero-order chi connectivity index (χ0) is 11.6. The van der Waals surface area contributed by atoms with Crippen molar-refractivity contribution in [2.45, 2.75) is 25.6 Å². The Hall–Kier alpha value is -1.04. The third-order valence-electron chi connectivity index (χ3n) is 1.97. The van der Waals surface area contributed by atoms with E-state index in [9.17, 15) is 18.0 Å². The molecule has 0 spiro atoms. The zero-order valence-electron chi connectivity index (χ0n) is 7.51. The van der Waals surface area contributed by atoms with E-state index >= 15 is 0 Å². The van der Waals surface area contributed by atoms with E-state index in [4.69, 9.17) is 10.2 Å². The van der Waals surface area contributed by atoms with Crippen LogP contribution < -0.4 is 0 Å². The maximum atomic E-state index is 12.1. The maximum absolute atomic E-state index is 12.1. The highest BCUT2D eigenvalue weighted by Gasteiger charge is 2.53. The second-order valence-corrected chi connectivity index (χ2v) is 3.16. The standard InChI is InChI=1S/C8H11F3O3/c1-3-4-7(2,6(13)14)5(12)8(9,10)11/h3,5,12H,1,4H2,2H3,(H,13,14). The van der Waals surface area contributed by atoms with Crippen molar-refractivity contribution >= 4 is 5.97 Å². The second kappa shape index (κ2) is 4.00. The molecule has 0 aromatic rings. The summed E-state index contributed by atoms with van der Waals surface area (Å²) >= 11 is 0. The van der Waals surface area contributed by atoms with Gasteiger partial charge in [-0.15, -0.1) is 6.58 Å². The van der Waals surface area contributed by atoms with Crippen LogP contribution in [0.3, 0.4) is 0 Å². The number of alkyl halides is 3. The van der Waals surface area contributed by atoms with Crippen LogP contribution in [-0.2, 0) is 4.79 Å². The molecular weight excluding hydrogens is 201 g/mol. The molecule has 0 radical (unpaired) electrons. The number of carboxylic acid groups (broad SMARTS) is 1. The van der Waals surface area contributed by atoms with Crippen LogP contribution in [0.5, 0.6) is 0 Å². The van der Waals surface area contributed by atoms with Crippen LogP contribution >= 0.6 is 0 Å². The molecule has 0 heterocycles. The third kappa shape index (κ3) is 2.47. The SMILES string of the molecule is C=CCC(C)(C(=O)O)C(O)C(F)(F)F. The van der Waals surface area contributed by atoms with Crippen molar-refractivity contribution in [3.63, 3.8) is 0 Å². The Labute approximate surface area is 78.9 Å². The highest BCUT2D eigenvalue weighted by atomic mass is 19.4. The Balaban J connectivity index is 5.01. The summed E-state index contributed by atoms with van der Waals surface area (Å²) in [7, 11) is 0. The van der Waals surface area contributed by atoms with Gasteiger partial charge in [0, 0.05) is 0 Å². The van der Waals surface area contributed by atoms with E-state index in [1.807, 2.05) is 0 Å². The van der Waals surface area contributed by atoms with E-state index in [2.05, 4.69) is 6.58 Å². The van der Waals surface area contributed by atoms with Gasteiger partial charge in [-0.3, -0.25) is 4.79 Å². The molecule has 82 valence electrons. The van der Waals surface area contributed by atoms with Gasteiger partial charge in [0.15, 0.2) is 6.10 Å². The summed E-state index contributed by atoms with van der Waals surface area (Å²) in [4.78, 5) is 10.6. The Morgan fingerprint density at radius 3 is 2.21 bits per heavy atom. The van der Waals surface area contributed by atoms with Gasteiger partial charge in [0.2, 0.25) is 0 Å². The number of carboxylic acids is 1. The summed E-state index contributed by atoms with van der Waals surface area (Å²) in [6.07, 6.45) is -7.27. The number of aliphatic carboxylic acids is 1. The number of hydrogen-bond donors (Lipinski definition) is 2. The monoisotopic (exact) mass is 212 g/mol. The number of rotatable bonds is 4. The quantitative estimate of drug-likeness (QED) is 0.695. The fourth-order valence-corrected chi connectivity index (χ4v) is 0.977. The van der Waals surface area contributed by atoms with Gasteiger partial charge in [0.05, 0.1) is 0 Å². The Kier molecular flexibility index (Phi) is 3.70. The molecule has 0 fully saturated rings. The van der Waals surface area contributed by atoms with Gasteiger partial charge in [-0.05, 0) is 13.3 Å². The average molecular weight is 212 g/mol. The summed E-state index contributed by atoms with van der Waals surface area (Å²) in [5, 5.41) is 17.4. The highest BCUT2D eigenvalue weighted by Crippen LogP contribution is 2.36. The molecule has 0 aliphatic carbocycles. The molecule has 0 saturated heterocycles. The zero-order valence-corrected chi connectivity index (χ0v) is 7.51. The molecule has 2 N–H and O–H groups in total. The van der Waals surface area contributed by atoms with Gasteiger partial charge < -0.3 is 10.2 Å². The van der Waals surface area contributed by atoms with Crippen LogP contribution in [0.2, 0.25) is 0 Å². The number of aliphatic hydroxyl groups is 1. The fraction of sp³-hybridized carbons (Fsp3) is 0.625. The van der Waals surface area contributed by atoms with Gasteiger partial charge in [-0.25, -0.2) is 0 Å². The Bertz CT molecular complexity index is 236. The molecule has 14 heavy (non-hydrogen) atoms. The van der Waals surface area contributed by atoms with E-state index in [0.29, 0.717) is 0 Å². The predicted octanol–water partition coefficient (Wildman–Crippen LogP) is 1.58. The third-order valence-corrected chi connectivity index (χ3v) is 1.97. The predicted molar refractivity (Wildman–Crippen MR) is 42.6 cm³/mol. The largest absolute Gasteiger partial charge is 0.481 e. The van der Waals surface area contributed by atoms with Crippen molar-refractivity contribution in [1.29, 1.82) is 0 Å². The van der Waals surface area contributed by atoms with Crippen LogP contribution in [0, 0.1) is 5.41 Å².